The van der Waals surface area contributed by atoms with Crippen LogP contribution in [0.2, 0.25) is 0 Å². The molecule has 0 aliphatic rings. The average Bonchev–Trinajstić information content (AvgIpc) is 2.44. The lowest BCUT2D eigenvalue weighted by atomic mass is 10.2. The summed E-state index contributed by atoms with van der Waals surface area (Å²) in [5.41, 5.74) is 2.53. The number of aromatic amines is 1. The SMILES string of the molecule is CCSc1c(C)[nH]c2ccccc12. The number of benzene rings is 1. The number of H-pyrrole nitrogens is 1. The summed E-state index contributed by atoms with van der Waals surface area (Å²) in [5, 5.41) is 1.35. The normalized spacial score (nSPS) is 10.9. The summed E-state index contributed by atoms with van der Waals surface area (Å²) in [4.78, 5) is 4.79. The molecule has 1 N–H and O–H groups in total. The van der Waals surface area contributed by atoms with Gasteiger partial charge in [-0.2, -0.15) is 0 Å². The van der Waals surface area contributed by atoms with Gasteiger partial charge in [-0.05, 0) is 18.7 Å². The molecule has 1 aromatic carbocycles. The molecule has 68 valence electrons. The Morgan fingerprint density at radius 2 is 2.08 bits per heavy atom. The number of hydrogen-bond donors (Lipinski definition) is 1. The van der Waals surface area contributed by atoms with Crippen LogP contribution in [0.25, 0.3) is 10.9 Å². The summed E-state index contributed by atoms with van der Waals surface area (Å²) in [6, 6.07) is 8.47. The minimum Gasteiger partial charge on any atom is -0.358 e. The van der Waals surface area contributed by atoms with Crippen LogP contribution in [-0.2, 0) is 0 Å². The van der Waals surface area contributed by atoms with Crippen LogP contribution < -0.4 is 0 Å². The summed E-state index contributed by atoms with van der Waals surface area (Å²) < 4.78 is 0. The average molecular weight is 191 g/mol. The number of thioether (sulfide) groups is 1. The first-order valence-electron chi connectivity index (χ1n) is 4.53. The van der Waals surface area contributed by atoms with Crippen molar-refractivity contribution in [3.63, 3.8) is 0 Å². The van der Waals surface area contributed by atoms with Gasteiger partial charge < -0.3 is 4.98 Å². The maximum absolute atomic E-state index is 3.39. The fourth-order valence-corrected chi connectivity index (χ4v) is 2.47. The third-order valence-corrected chi connectivity index (χ3v) is 3.23. The number of fused-ring (bicyclic) bond motifs is 1. The van der Waals surface area contributed by atoms with E-state index >= 15 is 0 Å². The lowest BCUT2D eigenvalue weighted by molar-refractivity contribution is 1.23. The summed E-state index contributed by atoms with van der Waals surface area (Å²) >= 11 is 1.91. The van der Waals surface area contributed by atoms with Crippen LogP contribution in [0.4, 0.5) is 0 Å². The molecule has 0 unspecified atom stereocenters. The second kappa shape index (κ2) is 3.46. The standard InChI is InChI=1S/C11H13NS/c1-3-13-11-8(2)12-10-7-5-4-6-9(10)11/h4-7,12H,3H2,1-2H3. The van der Waals surface area contributed by atoms with Crippen LogP contribution in [0.15, 0.2) is 29.2 Å². The molecule has 13 heavy (non-hydrogen) atoms. The van der Waals surface area contributed by atoms with E-state index in [0.717, 1.165) is 5.75 Å². The molecule has 1 aromatic heterocycles. The van der Waals surface area contributed by atoms with E-state index in [1.807, 2.05) is 11.8 Å². The Kier molecular flexibility index (Phi) is 2.32. The monoisotopic (exact) mass is 191 g/mol. The van der Waals surface area contributed by atoms with E-state index in [1.54, 1.807) is 0 Å². The fraction of sp³-hybridized carbons (Fsp3) is 0.273. The van der Waals surface area contributed by atoms with Crippen molar-refractivity contribution in [1.29, 1.82) is 0 Å². The predicted molar refractivity (Wildman–Crippen MR) is 59.4 cm³/mol. The van der Waals surface area contributed by atoms with E-state index in [1.165, 1.54) is 21.5 Å². The van der Waals surface area contributed by atoms with Gasteiger partial charge in [0.2, 0.25) is 0 Å². The molecule has 2 rings (SSSR count). The number of aromatic nitrogens is 1. The van der Waals surface area contributed by atoms with Gasteiger partial charge >= 0.3 is 0 Å². The minimum absolute atomic E-state index is 1.13. The third-order valence-electron chi connectivity index (χ3n) is 2.12. The molecule has 0 spiro atoms. The molecular weight excluding hydrogens is 178 g/mol. The summed E-state index contributed by atoms with van der Waals surface area (Å²) in [6.07, 6.45) is 0. The molecule has 0 bridgehead atoms. The number of nitrogens with one attached hydrogen (secondary N) is 1. The molecule has 1 heterocycles. The summed E-state index contributed by atoms with van der Waals surface area (Å²) in [5.74, 6) is 1.13. The van der Waals surface area contributed by atoms with Gasteiger partial charge in [-0.3, -0.25) is 0 Å². The first-order valence-corrected chi connectivity index (χ1v) is 5.51. The number of rotatable bonds is 2. The van der Waals surface area contributed by atoms with Crippen LogP contribution in [0.1, 0.15) is 12.6 Å². The van der Waals surface area contributed by atoms with Gasteiger partial charge in [0.15, 0.2) is 0 Å². The van der Waals surface area contributed by atoms with Gasteiger partial charge in [0.25, 0.3) is 0 Å². The first-order chi connectivity index (χ1) is 6.33. The van der Waals surface area contributed by atoms with Gasteiger partial charge in [0.1, 0.15) is 0 Å². The van der Waals surface area contributed by atoms with Crippen molar-refractivity contribution >= 4 is 22.7 Å². The lowest BCUT2D eigenvalue weighted by Gasteiger charge is -1.96. The third kappa shape index (κ3) is 1.46. The Balaban J connectivity index is 2.64. The highest BCUT2D eigenvalue weighted by Gasteiger charge is 2.06. The molecule has 0 aliphatic carbocycles. The molecule has 1 nitrogen and oxygen atoms in total. The van der Waals surface area contributed by atoms with Crippen LogP contribution in [0.3, 0.4) is 0 Å². The highest BCUT2D eigenvalue weighted by Crippen LogP contribution is 2.30. The van der Waals surface area contributed by atoms with E-state index in [0.29, 0.717) is 0 Å². The molecule has 0 saturated heterocycles. The van der Waals surface area contributed by atoms with Crippen molar-refractivity contribution in [3.05, 3.63) is 30.0 Å². The van der Waals surface area contributed by atoms with Crippen LogP contribution in [0.5, 0.6) is 0 Å². The summed E-state index contributed by atoms with van der Waals surface area (Å²) in [6.45, 7) is 4.32. The topological polar surface area (TPSA) is 15.8 Å². The van der Waals surface area contributed by atoms with E-state index in [9.17, 15) is 0 Å². The number of hydrogen-bond acceptors (Lipinski definition) is 1. The minimum atomic E-state index is 1.13. The van der Waals surface area contributed by atoms with Crippen molar-refractivity contribution < 1.29 is 0 Å². The van der Waals surface area contributed by atoms with Gasteiger partial charge in [0.05, 0.1) is 0 Å². The molecule has 0 atom stereocenters. The fourth-order valence-electron chi connectivity index (χ4n) is 1.58. The Hall–Kier alpha value is -0.890. The van der Waals surface area contributed by atoms with Crippen LogP contribution in [0, 0.1) is 6.92 Å². The van der Waals surface area contributed by atoms with Crippen molar-refractivity contribution in [2.75, 3.05) is 5.75 Å². The van der Waals surface area contributed by atoms with E-state index < -0.39 is 0 Å². The van der Waals surface area contributed by atoms with Crippen molar-refractivity contribution in [1.82, 2.24) is 4.98 Å². The van der Waals surface area contributed by atoms with Crippen molar-refractivity contribution in [2.24, 2.45) is 0 Å². The Morgan fingerprint density at radius 3 is 2.85 bits per heavy atom. The second-order valence-electron chi connectivity index (χ2n) is 3.06. The molecule has 2 aromatic rings. The zero-order valence-electron chi connectivity index (χ0n) is 7.92. The lowest BCUT2D eigenvalue weighted by Crippen LogP contribution is -1.74. The van der Waals surface area contributed by atoms with Crippen LogP contribution in [-0.4, -0.2) is 10.7 Å². The smallest absolute Gasteiger partial charge is 0.0467 e. The number of para-hydroxylation sites is 1. The van der Waals surface area contributed by atoms with Crippen molar-refractivity contribution in [2.45, 2.75) is 18.7 Å². The summed E-state index contributed by atoms with van der Waals surface area (Å²) in [7, 11) is 0. The van der Waals surface area contributed by atoms with Gasteiger partial charge in [-0.15, -0.1) is 11.8 Å². The Bertz CT molecular complexity index is 417. The predicted octanol–water partition coefficient (Wildman–Crippen LogP) is 3.59. The molecule has 0 amide bonds. The zero-order chi connectivity index (χ0) is 9.26. The van der Waals surface area contributed by atoms with E-state index in [-0.39, 0.29) is 0 Å². The maximum atomic E-state index is 3.39. The molecule has 0 aliphatic heterocycles. The second-order valence-corrected chi connectivity index (χ2v) is 4.33. The van der Waals surface area contributed by atoms with Crippen LogP contribution >= 0.6 is 11.8 Å². The molecule has 0 saturated carbocycles. The van der Waals surface area contributed by atoms with Gasteiger partial charge in [-0.1, -0.05) is 25.1 Å². The molecular formula is C11H13NS. The highest BCUT2D eigenvalue weighted by molar-refractivity contribution is 7.99. The molecule has 0 fully saturated rings. The number of aryl methyl sites for hydroxylation is 1. The van der Waals surface area contributed by atoms with E-state index in [4.69, 9.17) is 0 Å². The van der Waals surface area contributed by atoms with Crippen molar-refractivity contribution in [3.8, 4) is 0 Å². The first kappa shape index (κ1) is 8.70. The van der Waals surface area contributed by atoms with E-state index in [2.05, 4.69) is 43.1 Å². The highest BCUT2D eigenvalue weighted by atomic mass is 32.2. The zero-order valence-corrected chi connectivity index (χ0v) is 8.74. The Morgan fingerprint density at radius 1 is 1.31 bits per heavy atom. The Labute approximate surface area is 82.5 Å². The van der Waals surface area contributed by atoms with Gasteiger partial charge in [-0.25, -0.2) is 0 Å². The molecule has 2 heteroatoms. The molecule has 0 radical (unpaired) electrons. The van der Waals surface area contributed by atoms with Gasteiger partial charge in [0, 0.05) is 21.5 Å². The largest absolute Gasteiger partial charge is 0.358 e. The quantitative estimate of drug-likeness (QED) is 0.717. The maximum Gasteiger partial charge on any atom is 0.0467 e.